The maximum absolute atomic E-state index is 12.0. The first kappa shape index (κ1) is 16.3. The van der Waals surface area contributed by atoms with E-state index in [9.17, 15) is 19.8 Å². The van der Waals surface area contributed by atoms with Crippen molar-refractivity contribution in [1.82, 2.24) is 10.6 Å². The fraction of sp³-hybridized carbons (Fsp3) is 0.500. The highest BCUT2D eigenvalue weighted by Crippen LogP contribution is 2.18. The second-order valence-electron chi connectivity index (χ2n) is 5.62. The zero-order valence-corrected chi connectivity index (χ0v) is 12.4. The number of carbonyl (C=O) groups excluding carboxylic acids is 1. The van der Waals surface area contributed by atoms with Gasteiger partial charge in [-0.2, -0.15) is 0 Å². The largest absolute Gasteiger partial charge is 0.480 e. The van der Waals surface area contributed by atoms with Crippen LogP contribution >= 0.6 is 0 Å². The topological polar surface area (TPSA) is 98.7 Å². The molecule has 22 heavy (non-hydrogen) atoms. The van der Waals surface area contributed by atoms with Crippen molar-refractivity contribution in [1.29, 1.82) is 0 Å². The normalized spacial score (nSPS) is 18.2. The van der Waals surface area contributed by atoms with E-state index >= 15 is 0 Å². The number of rotatable bonds is 5. The number of nitrogens with one attached hydrogen (secondary N) is 2. The van der Waals surface area contributed by atoms with Gasteiger partial charge in [-0.25, -0.2) is 9.59 Å². The lowest BCUT2D eigenvalue weighted by Gasteiger charge is -2.25. The lowest BCUT2D eigenvalue weighted by atomic mass is 9.96. The first-order valence-electron chi connectivity index (χ1n) is 7.61. The molecule has 2 unspecified atom stereocenters. The molecule has 4 N–H and O–H groups in total. The van der Waals surface area contributed by atoms with Crippen molar-refractivity contribution in [2.24, 2.45) is 0 Å². The number of benzene rings is 1. The highest BCUT2D eigenvalue weighted by atomic mass is 16.4. The fourth-order valence-corrected chi connectivity index (χ4v) is 2.73. The van der Waals surface area contributed by atoms with E-state index in [1.54, 1.807) is 30.3 Å². The van der Waals surface area contributed by atoms with Gasteiger partial charge in [-0.15, -0.1) is 0 Å². The van der Waals surface area contributed by atoms with Crippen LogP contribution in [0.25, 0.3) is 0 Å². The van der Waals surface area contributed by atoms with Crippen LogP contribution in [-0.4, -0.2) is 34.3 Å². The van der Waals surface area contributed by atoms with E-state index < -0.39 is 24.1 Å². The molecule has 2 atom stereocenters. The second-order valence-corrected chi connectivity index (χ2v) is 5.62. The number of carboxylic acid groups (broad SMARTS) is 1. The van der Waals surface area contributed by atoms with Gasteiger partial charge in [0.15, 0.2) is 6.04 Å². The number of carboxylic acids is 1. The summed E-state index contributed by atoms with van der Waals surface area (Å²) in [4.78, 5) is 23.3. The molecule has 6 nitrogen and oxygen atoms in total. The Morgan fingerprint density at radius 1 is 1.09 bits per heavy atom. The fourth-order valence-electron chi connectivity index (χ4n) is 2.73. The lowest BCUT2D eigenvalue weighted by Crippen LogP contribution is -2.51. The van der Waals surface area contributed by atoms with Crippen molar-refractivity contribution in [3.63, 3.8) is 0 Å². The average Bonchev–Trinajstić information content (AvgIpc) is 2.53. The van der Waals surface area contributed by atoms with Crippen molar-refractivity contribution in [3.05, 3.63) is 35.9 Å². The maximum atomic E-state index is 12.0. The summed E-state index contributed by atoms with van der Waals surface area (Å²) >= 11 is 0. The van der Waals surface area contributed by atoms with Crippen LogP contribution in [0.5, 0.6) is 0 Å². The number of carbonyl (C=O) groups is 2. The van der Waals surface area contributed by atoms with Gasteiger partial charge in [-0.05, 0) is 18.4 Å². The van der Waals surface area contributed by atoms with Crippen LogP contribution in [-0.2, 0) is 4.79 Å². The van der Waals surface area contributed by atoms with E-state index in [4.69, 9.17) is 0 Å². The Balaban J connectivity index is 1.96. The smallest absolute Gasteiger partial charge is 0.329 e. The average molecular weight is 306 g/mol. The Morgan fingerprint density at radius 2 is 1.73 bits per heavy atom. The van der Waals surface area contributed by atoms with Crippen LogP contribution in [0.4, 0.5) is 4.79 Å². The minimum absolute atomic E-state index is 0.0806. The molecule has 0 bridgehead atoms. The summed E-state index contributed by atoms with van der Waals surface area (Å²) in [5.41, 5.74) is 0.452. The van der Waals surface area contributed by atoms with E-state index in [0.29, 0.717) is 5.56 Å². The summed E-state index contributed by atoms with van der Waals surface area (Å²) < 4.78 is 0. The van der Waals surface area contributed by atoms with Gasteiger partial charge < -0.3 is 20.8 Å². The van der Waals surface area contributed by atoms with E-state index in [1.807, 2.05) is 0 Å². The molecule has 1 aliphatic rings. The van der Waals surface area contributed by atoms with Gasteiger partial charge in [0.2, 0.25) is 0 Å². The highest BCUT2D eigenvalue weighted by molar-refractivity contribution is 5.83. The SMILES string of the molecule is O=C(NC1CCCCC1)NC(C(=O)O)C(O)c1ccccc1. The molecule has 1 aliphatic carbocycles. The Kier molecular flexibility index (Phi) is 5.77. The molecule has 0 saturated heterocycles. The molecule has 6 heteroatoms. The number of aliphatic carboxylic acids is 1. The molecular formula is C16H22N2O4. The van der Waals surface area contributed by atoms with Crippen LogP contribution in [0, 0.1) is 0 Å². The molecular weight excluding hydrogens is 284 g/mol. The van der Waals surface area contributed by atoms with E-state index in [-0.39, 0.29) is 6.04 Å². The summed E-state index contributed by atoms with van der Waals surface area (Å²) in [5.74, 6) is -1.27. The predicted molar refractivity (Wildman–Crippen MR) is 81.4 cm³/mol. The van der Waals surface area contributed by atoms with Crippen molar-refractivity contribution in [3.8, 4) is 0 Å². The first-order valence-corrected chi connectivity index (χ1v) is 7.61. The molecule has 1 saturated carbocycles. The third-order valence-electron chi connectivity index (χ3n) is 3.95. The third kappa shape index (κ3) is 4.46. The Hall–Kier alpha value is -2.08. The molecule has 2 amide bonds. The third-order valence-corrected chi connectivity index (χ3v) is 3.95. The molecule has 0 radical (unpaired) electrons. The molecule has 0 heterocycles. The summed E-state index contributed by atoms with van der Waals surface area (Å²) in [5, 5.41) is 24.6. The molecule has 2 rings (SSSR count). The van der Waals surface area contributed by atoms with Gasteiger partial charge in [-0.1, -0.05) is 49.6 Å². The van der Waals surface area contributed by atoms with Crippen molar-refractivity contribution < 1.29 is 19.8 Å². The van der Waals surface area contributed by atoms with Crippen molar-refractivity contribution >= 4 is 12.0 Å². The van der Waals surface area contributed by atoms with Crippen LogP contribution < -0.4 is 10.6 Å². The van der Waals surface area contributed by atoms with Crippen molar-refractivity contribution in [2.45, 2.75) is 50.3 Å². The van der Waals surface area contributed by atoms with Gasteiger partial charge in [0.05, 0.1) is 0 Å². The van der Waals surface area contributed by atoms with E-state index in [2.05, 4.69) is 10.6 Å². The molecule has 1 fully saturated rings. The van der Waals surface area contributed by atoms with Gasteiger partial charge in [0.1, 0.15) is 6.10 Å². The number of urea groups is 1. The monoisotopic (exact) mass is 306 g/mol. The molecule has 0 aliphatic heterocycles. The number of aliphatic hydroxyl groups is 1. The summed E-state index contributed by atoms with van der Waals surface area (Å²) in [6.07, 6.45) is 3.83. The van der Waals surface area contributed by atoms with Gasteiger partial charge in [-0.3, -0.25) is 0 Å². The molecule has 0 aromatic heterocycles. The van der Waals surface area contributed by atoms with E-state index in [1.165, 1.54) is 6.42 Å². The number of hydrogen-bond donors (Lipinski definition) is 4. The standard InChI is InChI=1S/C16H22N2O4/c19-14(11-7-3-1-4-8-11)13(15(20)21)18-16(22)17-12-9-5-2-6-10-12/h1,3-4,7-8,12-14,19H,2,5-6,9-10H2,(H,20,21)(H2,17,18,22). The van der Waals surface area contributed by atoms with Gasteiger partial charge in [0, 0.05) is 6.04 Å². The van der Waals surface area contributed by atoms with Gasteiger partial charge in [0.25, 0.3) is 0 Å². The minimum atomic E-state index is -1.38. The van der Waals surface area contributed by atoms with Crippen LogP contribution in [0.1, 0.15) is 43.8 Å². The van der Waals surface area contributed by atoms with Crippen LogP contribution in [0.2, 0.25) is 0 Å². The number of amides is 2. The van der Waals surface area contributed by atoms with Gasteiger partial charge >= 0.3 is 12.0 Å². The quantitative estimate of drug-likeness (QED) is 0.666. The maximum Gasteiger partial charge on any atom is 0.329 e. The van der Waals surface area contributed by atoms with Crippen molar-refractivity contribution in [2.75, 3.05) is 0 Å². The molecule has 1 aromatic carbocycles. The first-order chi connectivity index (χ1) is 10.6. The summed E-state index contributed by atoms with van der Waals surface area (Å²) in [6.45, 7) is 0. The molecule has 120 valence electrons. The minimum Gasteiger partial charge on any atom is -0.480 e. The zero-order valence-electron chi connectivity index (χ0n) is 12.4. The van der Waals surface area contributed by atoms with Crippen LogP contribution in [0.3, 0.4) is 0 Å². The lowest BCUT2D eigenvalue weighted by molar-refractivity contribution is -0.142. The molecule has 1 aromatic rings. The summed E-state index contributed by atoms with van der Waals surface area (Å²) in [7, 11) is 0. The second kappa shape index (κ2) is 7.79. The zero-order chi connectivity index (χ0) is 15.9. The Morgan fingerprint density at radius 3 is 2.32 bits per heavy atom. The van der Waals surface area contributed by atoms with E-state index in [0.717, 1.165) is 25.7 Å². The Bertz CT molecular complexity index is 500. The number of aliphatic hydroxyl groups excluding tert-OH is 1. The number of hydrogen-bond acceptors (Lipinski definition) is 3. The Labute approximate surface area is 129 Å². The highest BCUT2D eigenvalue weighted by Gasteiger charge is 2.30. The molecule has 0 spiro atoms. The summed E-state index contributed by atoms with van der Waals surface area (Å²) in [6, 6.07) is 6.59. The predicted octanol–water partition coefficient (Wildman–Crippen LogP) is 1.81. The van der Waals surface area contributed by atoms with Crippen LogP contribution in [0.15, 0.2) is 30.3 Å².